The van der Waals surface area contributed by atoms with Crippen molar-refractivity contribution in [2.45, 2.75) is 0 Å². The Kier molecular flexibility index (Phi) is 6.86. The normalized spacial score (nSPS) is 19.9. The van der Waals surface area contributed by atoms with Crippen LogP contribution in [-0.4, -0.2) is 80.4 Å². The standard InChI is InChI=1S/C10H25N4O2/c15-9-5-11-1-2-13-14(8-10-16)6-3-12-4-7-14/h11-13,15-16H,1-10H2/q+1. The van der Waals surface area contributed by atoms with Crippen LogP contribution in [0.2, 0.25) is 0 Å². The summed E-state index contributed by atoms with van der Waals surface area (Å²) in [6.45, 7) is 7.54. The van der Waals surface area contributed by atoms with E-state index in [4.69, 9.17) is 10.2 Å². The Morgan fingerprint density at radius 1 is 1.00 bits per heavy atom. The number of hydrogen-bond donors (Lipinski definition) is 5. The molecular formula is C10H25N4O2+. The topological polar surface area (TPSA) is 76.5 Å². The van der Waals surface area contributed by atoms with Gasteiger partial charge in [0.05, 0.1) is 19.8 Å². The first kappa shape index (κ1) is 13.8. The van der Waals surface area contributed by atoms with Crippen LogP contribution < -0.4 is 16.1 Å². The highest BCUT2D eigenvalue weighted by Crippen LogP contribution is 2.03. The number of nitrogens with one attached hydrogen (secondary N) is 3. The summed E-state index contributed by atoms with van der Waals surface area (Å²) in [4.78, 5) is 0. The summed E-state index contributed by atoms with van der Waals surface area (Å²) in [5.41, 5.74) is 3.49. The van der Waals surface area contributed by atoms with Crippen LogP contribution in [0.15, 0.2) is 0 Å². The third-order valence-corrected chi connectivity index (χ3v) is 3.00. The van der Waals surface area contributed by atoms with Crippen LogP contribution in [0, 0.1) is 0 Å². The molecule has 6 heteroatoms. The maximum Gasteiger partial charge on any atom is 0.120 e. The molecule has 0 atom stereocenters. The van der Waals surface area contributed by atoms with Crippen molar-refractivity contribution in [3.05, 3.63) is 0 Å². The van der Waals surface area contributed by atoms with E-state index in [1.807, 2.05) is 0 Å². The minimum absolute atomic E-state index is 0.181. The summed E-state index contributed by atoms with van der Waals surface area (Å²) in [6.07, 6.45) is 0. The summed E-state index contributed by atoms with van der Waals surface area (Å²) in [7, 11) is 0. The second-order valence-corrected chi connectivity index (χ2v) is 4.17. The fourth-order valence-electron chi connectivity index (χ4n) is 2.06. The monoisotopic (exact) mass is 233 g/mol. The van der Waals surface area contributed by atoms with Gasteiger partial charge in [-0.3, -0.25) is 0 Å². The summed E-state index contributed by atoms with van der Waals surface area (Å²) >= 11 is 0. The molecule has 0 amide bonds. The molecule has 6 nitrogen and oxygen atoms in total. The van der Waals surface area contributed by atoms with Crippen molar-refractivity contribution in [2.75, 3.05) is 65.6 Å². The van der Waals surface area contributed by atoms with E-state index in [0.29, 0.717) is 6.54 Å². The summed E-state index contributed by atoms with van der Waals surface area (Å²) in [6, 6.07) is 0. The van der Waals surface area contributed by atoms with E-state index in [9.17, 15) is 0 Å². The fourth-order valence-corrected chi connectivity index (χ4v) is 2.06. The van der Waals surface area contributed by atoms with E-state index in [1.165, 1.54) is 0 Å². The molecule has 16 heavy (non-hydrogen) atoms. The molecule has 0 aliphatic carbocycles. The number of rotatable bonds is 8. The molecule has 1 rings (SSSR count). The summed E-state index contributed by atoms with van der Waals surface area (Å²) < 4.78 is 0.796. The highest BCUT2D eigenvalue weighted by molar-refractivity contribution is 4.56. The number of nitrogens with zero attached hydrogens (tertiary/aromatic N) is 1. The van der Waals surface area contributed by atoms with E-state index in [1.54, 1.807) is 0 Å². The molecule has 1 aliphatic heterocycles. The maximum absolute atomic E-state index is 9.10. The second-order valence-electron chi connectivity index (χ2n) is 4.17. The van der Waals surface area contributed by atoms with Crippen molar-refractivity contribution < 1.29 is 14.8 Å². The van der Waals surface area contributed by atoms with E-state index in [2.05, 4.69) is 16.1 Å². The molecule has 1 fully saturated rings. The smallest absolute Gasteiger partial charge is 0.120 e. The Morgan fingerprint density at radius 3 is 2.38 bits per heavy atom. The Bertz CT molecular complexity index is 169. The van der Waals surface area contributed by atoms with Crippen LogP contribution in [0.4, 0.5) is 0 Å². The average molecular weight is 233 g/mol. The van der Waals surface area contributed by atoms with Gasteiger partial charge >= 0.3 is 0 Å². The quantitative estimate of drug-likeness (QED) is 0.236. The second kappa shape index (κ2) is 7.94. The lowest BCUT2D eigenvalue weighted by atomic mass is 10.3. The molecule has 0 aromatic heterocycles. The van der Waals surface area contributed by atoms with Crippen LogP contribution >= 0.6 is 0 Å². The molecule has 1 saturated heterocycles. The maximum atomic E-state index is 9.10. The van der Waals surface area contributed by atoms with E-state index < -0.39 is 0 Å². The van der Waals surface area contributed by atoms with Gasteiger partial charge in [-0.25, -0.2) is 4.59 Å². The minimum atomic E-state index is 0.181. The Balaban J connectivity index is 2.21. The molecule has 0 unspecified atom stereocenters. The van der Waals surface area contributed by atoms with E-state index >= 15 is 0 Å². The molecule has 0 saturated carbocycles. The van der Waals surface area contributed by atoms with Crippen LogP contribution in [-0.2, 0) is 0 Å². The van der Waals surface area contributed by atoms with Crippen LogP contribution in [0.1, 0.15) is 0 Å². The average Bonchev–Trinajstić information content (AvgIpc) is 2.30. The first-order valence-electron chi connectivity index (χ1n) is 6.07. The van der Waals surface area contributed by atoms with Gasteiger partial charge < -0.3 is 20.8 Å². The minimum Gasteiger partial charge on any atom is -0.395 e. The Hall–Kier alpha value is -0.240. The van der Waals surface area contributed by atoms with Gasteiger partial charge in [0.1, 0.15) is 19.6 Å². The van der Waals surface area contributed by atoms with Crippen LogP contribution in [0.25, 0.3) is 0 Å². The van der Waals surface area contributed by atoms with Gasteiger partial charge in [-0.15, -0.1) is 0 Å². The first-order chi connectivity index (χ1) is 7.83. The van der Waals surface area contributed by atoms with Crippen molar-refractivity contribution in [1.29, 1.82) is 0 Å². The number of piperazine rings is 1. The van der Waals surface area contributed by atoms with Gasteiger partial charge in [0.2, 0.25) is 0 Å². The zero-order chi connectivity index (χ0) is 11.7. The van der Waals surface area contributed by atoms with Crippen molar-refractivity contribution in [2.24, 2.45) is 0 Å². The number of hydrogen-bond acceptors (Lipinski definition) is 5. The zero-order valence-corrected chi connectivity index (χ0v) is 9.91. The number of aliphatic hydroxyl groups is 2. The van der Waals surface area contributed by atoms with Gasteiger partial charge in [-0.1, -0.05) is 0 Å². The van der Waals surface area contributed by atoms with Gasteiger partial charge in [-0.2, -0.15) is 5.43 Å². The van der Waals surface area contributed by atoms with Crippen molar-refractivity contribution in [3.63, 3.8) is 0 Å². The van der Waals surface area contributed by atoms with Crippen molar-refractivity contribution in [3.8, 4) is 0 Å². The number of quaternary nitrogens is 1. The Labute approximate surface area is 97.2 Å². The summed E-state index contributed by atoms with van der Waals surface area (Å²) in [5, 5.41) is 24.2. The van der Waals surface area contributed by atoms with Gasteiger partial charge in [-0.05, 0) is 0 Å². The molecule has 5 N–H and O–H groups in total. The van der Waals surface area contributed by atoms with Gasteiger partial charge in [0.25, 0.3) is 0 Å². The van der Waals surface area contributed by atoms with E-state index in [-0.39, 0.29) is 13.2 Å². The lowest BCUT2D eigenvalue weighted by molar-refractivity contribution is -0.971. The molecule has 0 spiro atoms. The largest absolute Gasteiger partial charge is 0.395 e. The summed E-state index contributed by atoms with van der Waals surface area (Å²) in [5.74, 6) is 0. The molecule has 0 bridgehead atoms. The third kappa shape index (κ3) is 4.73. The SMILES string of the molecule is OCCNCCN[N+]1(CCO)CCNCC1. The number of aliphatic hydroxyl groups excluding tert-OH is 2. The highest BCUT2D eigenvalue weighted by Gasteiger charge is 2.28. The third-order valence-electron chi connectivity index (χ3n) is 3.00. The molecule has 0 aromatic rings. The van der Waals surface area contributed by atoms with E-state index in [0.717, 1.165) is 50.4 Å². The predicted molar refractivity (Wildman–Crippen MR) is 62.8 cm³/mol. The van der Waals surface area contributed by atoms with Gasteiger partial charge in [0.15, 0.2) is 0 Å². The highest BCUT2D eigenvalue weighted by atomic mass is 16.3. The predicted octanol–water partition coefficient (Wildman–Crippen LogP) is -2.51. The molecular weight excluding hydrogens is 208 g/mol. The van der Waals surface area contributed by atoms with Gasteiger partial charge in [0, 0.05) is 26.2 Å². The lowest BCUT2D eigenvalue weighted by Crippen LogP contribution is -2.67. The molecule has 0 radical (unpaired) electrons. The van der Waals surface area contributed by atoms with Crippen molar-refractivity contribution >= 4 is 0 Å². The molecule has 1 aliphatic rings. The van der Waals surface area contributed by atoms with Crippen molar-refractivity contribution in [1.82, 2.24) is 16.1 Å². The first-order valence-corrected chi connectivity index (χ1v) is 6.07. The van der Waals surface area contributed by atoms with Crippen LogP contribution in [0.3, 0.4) is 0 Å². The molecule has 0 aromatic carbocycles. The Morgan fingerprint density at radius 2 is 1.75 bits per heavy atom. The fraction of sp³-hybridized carbons (Fsp3) is 1.00. The van der Waals surface area contributed by atoms with Crippen LogP contribution in [0.5, 0.6) is 0 Å². The lowest BCUT2D eigenvalue weighted by Gasteiger charge is -2.40. The molecule has 96 valence electrons. The zero-order valence-electron chi connectivity index (χ0n) is 9.91. The molecule has 1 heterocycles.